The van der Waals surface area contributed by atoms with Crippen LogP contribution in [-0.2, 0) is 22.7 Å². The van der Waals surface area contributed by atoms with Crippen molar-refractivity contribution in [3.63, 3.8) is 0 Å². The van der Waals surface area contributed by atoms with Crippen LogP contribution in [0.5, 0.6) is 0 Å². The number of rotatable bonds is 7. The van der Waals surface area contributed by atoms with E-state index in [1.54, 1.807) is 35.0 Å². The molecule has 2 N–H and O–H groups in total. The summed E-state index contributed by atoms with van der Waals surface area (Å²) in [7, 11) is 0. The van der Waals surface area contributed by atoms with E-state index in [1.165, 1.54) is 24.0 Å². The van der Waals surface area contributed by atoms with Crippen LogP contribution < -0.4 is 10.6 Å². The lowest BCUT2D eigenvalue weighted by Crippen LogP contribution is -2.46. The fourth-order valence-electron chi connectivity index (χ4n) is 5.46. The number of carbonyl (C=O) groups is 4. The first kappa shape index (κ1) is 29.4. The molecule has 2 saturated heterocycles. The van der Waals surface area contributed by atoms with Gasteiger partial charge in [0.05, 0.1) is 11.6 Å². The largest absolute Gasteiger partial charge is 0.350 e. The highest BCUT2D eigenvalue weighted by Crippen LogP contribution is 2.29. The van der Waals surface area contributed by atoms with E-state index in [4.69, 9.17) is 11.6 Å². The molecule has 2 fully saturated rings. The summed E-state index contributed by atoms with van der Waals surface area (Å²) in [6.45, 7) is 0.795. The van der Waals surface area contributed by atoms with E-state index in [9.17, 15) is 32.3 Å². The van der Waals surface area contributed by atoms with Gasteiger partial charge in [0.15, 0.2) is 5.78 Å². The molecule has 2 aliphatic heterocycles. The smallest absolute Gasteiger partial charge is 0.322 e. The number of likely N-dealkylation sites (tertiary alicyclic amines) is 2. The molecule has 0 radical (unpaired) electrons. The predicted molar refractivity (Wildman–Crippen MR) is 150 cm³/mol. The zero-order valence-corrected chi connectivity index (χ0v) is 23.5. The maximum Gasteiger partial charge on any atom is 0.322 e. The normalized spacial score (nSPS) is 18.0. The molecule has 0 spiro atoms. The van der Waals surface area contributed by atoms with E-state index in [1.807, 2.05) is 0 Å². The molecule has 2 aromatic carbocycles. The molecular formula is C29H29ClF3N5O4. The fourth-order valence-corrected chi connectivity index (χ4v) is 5.65. The SMILES string of the molecule is CC(=O)c1cn(CC(=O)N2CCC[C@H]2C(=O)NCc2cccc(Cl)c2F)c2ccc(NC(=O)N3CCC(F)(F)C3)cc12. The minimum Gasteiger partial charge on any atom is -0.350 e. The molecule has 0 saturated carbocycles. The number of fused-ring (bicyclic) bond motifs is 1. The number of hydrogen-bond donors (Lipinski definition) is 2. The topological polar surface area (TPSA) is 104 Å². The van der Waals surface area contributed by atoms with Crippen molar-refractivity contribution in [2.24, 2.45) is 0 Å². The third kappa shape index (κ3) is 6.08. The molecule has 5 rings (SSSR count). The number of halogens is 4. The Bertz CT molecular complexity index is 1580. The Morgan fingerprint density at radius 2 is 1.90 bits per heavy atom. The van der Waals surface area contributed by atoms with Crippen LogP contribution in [0, 0.1) is 5.82 Å². The van der Waals surface area contributed by atoms with E-state index < -0.39 is 42.7 Å². The molecular weight excluding hydrogens is 575 g/mol. The minimum atomic E-state index is -2.92. The zero-order valence-electron chi connectivity index (χ0n) is 22.8. The van der Waals surface area contributed by atoms with E-state index in [-0.39, 0.29) is 41.9 Å². The summed E-state index contributed by atoms with van der Waals surface area (Å²) in [6.07, 6.45) is 2.22. The van der Waals surface area contributed by atoms with Crippen LogP contribution >= 0.6 is 11.6 Å². The van der Waals surface area contributed by atoms with Crippen molar-refractivity contribution in [2.45, 2.75) is 51.2 Å². The van der Waals surface area contributed by atoms with Crippen molar-refractivity contribution in [3.05, 3.63) is 64.6 Å². The van der Waals surface area contributed by atoms with Gasteiger partial charge in [0.2, 0.25) is 11.8 Å². The molecule has 13 heteroatoms. The van der Waals surface area contributed by atoms with E-state index >= 15 is 0 Å². The number of carbonyl (C=O) groups excluding carboxylic acids is 4. The number of benzene rings is 2. The van der Waals surface area contributed by atoms with Gasteiger partial charge in [0.25, 0.3) is 5.92 Å². The molecule has 1 atom stereocenters. The maximum atomic E-state index is 14.2. The molecule has 4 amide bonds. The van der Waals surface area contributed by atoms with Crippen LogP contribution in [-0.4, -0.2) is 69.6 Å². The molecule has 42 heavy (non-hydrogen) atoms. The van der Waals surface area contributed by atoms with Gasteiger partial charge in [0, 0.05) is 60.0 Å². The zero-order chi connectivity index (χ0) is 30.2. The Kier molecular flexibility index (Phi) is 8.18. The number of amides is 4. The van der Waals surface area contributed by atoms with Crippen LogP contribution in [0.2, 0.25) is 5.02 Å². The molecule has 2 aliphatic rings. The van der Waals surface area contributed by atoms with E-state index in [0.29, 0.717) is 41.5 Å². The molecule has 222 valence electrons. The number of Topliss-reactive ketones (excluding diaryl/α,β-unsaturated/α-hetero) is 1. The van der Waals surface area contributed by atoms with Gasteiger partial charge >= 0.3 is 6.03 Å². The lowest BCUT2D eigenvalue weighted by molar-refractivity contribution is -0.138. The van der Waals surface area contributed by atoms with Gasteiger partial charge in [-0.3, -0.25) is 14.4 Å². The van der Waals surface area contributed by atoms with Gasteiger partial charge in [-0.05, 0) is 44.0 Å². The first-order chi connectivity index (χ1) is 19.9. The summed E-state index contributed by atoms with van der Waals surface area (Å²) in [6, 6.07) is 7.90. The van der Waals surface area contributed by atoms with Gasteiger partial charge in [-0.25, -0.2) is 18.0 Å². The van der Waals surface area contributed by atoms with Crippen LogP contribution in [0.15, 0.2) is 42.6 Å². The highest BCUT2D eigenvalue weighted by atomic mass is 35.5. The predicted octanol–water partition coefficient (Wildman–Crippen LogP) is 4.82. The quantitative estimate of drug-likeness (QED) is 0.378. The molecule has 0 unspecified atom stereocenters. The van der Waals surface area contributed by atoms with E-state index in [0.717, 1.165) is 4.90 Å². The van der Waals surface area contributed by atoms with Gasteiger partial charge in [0.1, 0.15) is 18.4 Å². The van der Waals surface area contributed by atoms with Crippen molar-refractivity contribution in [3.8, 4) is 0 Å². The average molecular weight is 604 g/mol. The van der Waals surface area contributed by atoms with Crippen LogP contribution in [0.1, 0.15) is 42.1 Å². The number of nitrogens with zero attached hydrogens (tertiary/aromatic N) is 3. The highest BCUT2D eigenvalue weighted by Gasteiger charge is 2.40. The fraction of sp³-hybridized carbons (Fsp3) is 0.379. The van der Waals surface area contributed by atoms with Gasteiger partial charge in [-0.15, -0.1) is 0 Å². The standard InChI is InChI=1S/C29H29ClF3N5O4/c1-17(39)21-14-37(23-8-7-19(12-20(21)23)35-28(42)36-11-9-29(32,33)16-36)15-25(40)38-10-3-6-24(38)27(41)34-13-18-4-2-5-22(30)26(18)31/h2,4-5,7-8,12,14,24H,3,6,9-11,13,15-16H2,1H3,(H,34,41)(H,35,42)/t24-/m0/s1. The number of nitrogens with one attached hydrogen (secondary N) is 2. The Balaban J connectivity index is 1.29. The Hall–Kier alpha value is -4.06. The van der Waals surface area contributed by atoms with Crippen LogP contribution in [0.3, 0.4) is 0 Å². The highest BCUT2D eigenvalue weighted by molar-refractivity contribution is 6.30. The molecule has 3 aromatic rings. The molecule has 9 nitrogen and oxygen atoms in total. The number of urea groups is 1. The summed E-state index contributed by atoms with van der Waals surface area (Å²) in [5.41, 5.74) is 1.43. The van der Waals surface area contributed by atoms with Crippen molar-refractivity contribution in [1.29, 1.82) is 0 Å². The lowest BCUT2D eigenvalue weighted by Gasteiger charge is -2.24. The van der Waals surface area contributed by atoms with Gasteiger partial charge in [-0.1, -0.05) is 23.7 Å². The van der Waals surface area contributed by atoms with Crippen molar-refractivity contribution in [1.82, 2.24) is 19.7 Å². The van der Waals surface area contributed by atoms with E-state index in [2.05, 4.69) is 10.6 Å². The van der Waals surface area contributed by atoms with Crippen molar-refractivity contribution < 1.29 is 32.3 Å². The number of alkyl halides is 2. The second-order valence-corrected chi connectivity index (χ2v) is 11.0. The molecule has 0 aliphatic carbocycles. The molecule has 0 bridgehead atoms. The molecule has 3 heterocycles. The van der Waals surface area contributed by atoms with Crippen molar-refractivity contribution in [2.75, 3.05) is 25.0 Å². The number of aromatic nitrogens is 1. The monoisotopic (exact) mass is 603 g/mol. The maximum absolute atomic E-state index is 14.2. The second kappa shape index (κ2) is 11.7. The Morgan fingerprint density at radius 1 is 1.12 bits per heavy atom. The number of hydrogen-bond acceptors (Lipinski definition) is 4. The van der Waals surface area contributed by atoms with Crippen LogP contribution in [0.4, 0.5) is 23.7 Å². The first-order valence-electron chi connectivity index (χ1n) is 13.5. The minimum absolute atomic E-state index is 0.0472. The first-order valence-corrected chi connectivity index (χ1v) is 13.9. The Labute approximate surface area is 244 Å². The molecule has 1 aromatic heterocycles. The number of ketones is 1. The third-order valence-corrected chi connectivity index (χ3v) is 7.93. The summed E-state index contributed by atoms with van der Waals surface area (Å²) in [4.78, 5) is 53.8. The van der Waals surface area contributed by atoms with Gasteiger partial charge < -0.3 is 25.0 Å². The summed E-state index contributed by atoms with van der Waals surface area (Å²) in [5.74, 6) is -4.53. The van der Waals surface area contributed by atoms with Gasteiger partial charge in [-0.2, -0.15) is 0 Å². The summed E-state index contributed by atoms with van der Waals surface area (Å²) < 4.78 is 42.9. The Morgan fingerprint density at radius 3 is 2.62 bits per heavy atom. The second-order valence-electron chi connectivity index (χ2n) is 10.6. The van der Waals surface area contributed by atoms with Crippen molar-refractivity contribution >= 4 is 51.8 Å². The lowest BCUT2D eigenvalue weighted by atomic mass is 10.1. The summed E-state index contributed by atoms with van der Waals surface area (Å²) in [5, 5.41) is 5.73. The average Bonchev–Trinajstić information content (AvgIpc) is 3.66. The third-order valence-electron chi connectivity index (χ3n) is 7.63. The summed E-state index contributed by atoms with van der Waals surface area (Å²) >= 11 is 5.82. The number of anilines is 1. The van der Waals surface area contributed by atoms with Crippen LogP contribution in [0.25, 0.3) is 10.9 Å².